The molecule has 1 nitrogen and oxygen atoms in total. The van der Waals surface area contributed by atoms with Gasteiger partial charge in [-0.05, 0) is 71.1 Å². The molecule has 6 aromatic rings. The molecule has 0 saturated carbocycles. The van der Waals surface area contributed by atoms with Gasteiger partial charge in [-0.3, -0.25) is 0 Å². The fraction of sp³-hybridized carbons (Fsp3) is 0.0303. The molecule has 0 bridgehead atoms. The van der Waals surface area contributed by atoms with Crippen LogP contribution in [-0.4, -0.2) is 4.57 Å². The SMILES string of the molecule is C/C=C/c1ccc2c3ccc(-c4ccccc4-c4ccc(Br)cc4)cc3n(-c3ccccc3)c2c1. The minimum absolute atomic E-state index is 1.09. The van der Waals surface area contributed by atoms with Gasteiger partial charge < -0.3 is 4.57 Å². The number of hydrogen-bond donors (Lipinski definition) is 0. The average molecular weight is 514 g/mol. The van der Waals surface area contributed by atoms with Gasteiger partial charge in [0.25, 0.3) is 0 Å². The average Bonchev–Trinajstić information content (AvgIpc) is 3.22. The van der Waals surface area contributed by atoms with E-state index in [1.807, 2.05) is 0 Å². The molecule has 0 aliphatic carbocycles. The van der Waals surface area contributed by atoms with Crippen molar-refractivity contribution in [2.24, 2.45) is 0 Å². The van der Waals surface area contributed by atoms with E-state index in [9.17, 15) is 0 Å². The van der Waals surface area contributed by atoms with Crippen LogP contribution in [0, 0.1) is 0 Å². The molecule has 2 heteroatoms. The number of halogens is 1. The van der Waals surface area contributed by atoms with Gasteiger partial charge in [-0.25, -0.2) is 0 Å². The van der Waals surface area contributed by atoms with Crippen LogP contribution >= 0.6 is 15.9 Å². The maximum absolute atomic E-state index is 3.56. The van der Waals surface area contributed by atoms with Crippen LogP contribution in [0.5, 0.6) is 0 Å². The Kier molecular flexibility index (Phi) is 5.60. The molecule has 5 aromatic carbocycles. The predicted molar refractivity (Wildman–Crippen MR) is 154 cm³/mol. The van der Waals surface area contributed by atoms with Gasteiger partial charge in [-0.1, -0.05) is 107 Å². The molecule has 0 N–H and O–H groups in total. The first-order chi connectivity index (χ1) is 17.2. The second kappa shape index (κ2) is 9.05. The Hall–Kier alpha value is -3.88. The van der Waals surface area contributed by atoms with E-state index in [0.717, 1.165) is 4.47 Å². The van der Waals surface area contributed by atoms with Gasteiger partial charge >= 0.3 is 0 Å². The molecule has 0 spiro atoms. The normalized spacial score (nSPS) is 11.6. The maximum atomic E-state index is 3.56. The third-order valence-corrected chi connectivity index (χ3v) is 7.09. The molecule has 0 atom stereocenters. The molecule has 6 rings (SSSR count). The number of aromatic nitrogens is 1. The van der Waals surface area contributed by atoms with Crippen molar-refractivity contribution >= 4 is 43.8 Å². The van der Waals surface area contributed by atoms with E-state index in [4.69, 9.17) is 0 Å². The maximum Gasteiger partial charge on any atom is 0.0547 e. The molecular formula is C33H24BrN. The summed E-state index contributed by atoms with van der Waals surface area (Å²) in [6, 6.07) is 41.5. The topological polar surface area (TPSA) is 4.93 Å². The summed E-state index contributed by atoms with van der Waals surface area (Å²) in [4.78, 5) is 0. The van der Waals surface area contributed by atoms with Crippen LogP contribution in [0.4, 0.5) is 0 Å². The minimum atomic E-state index is 1.09. The smallest absolute Gasteiger partial charge is 0.0547 e. The third kappa shape index (κ3) is 3.90. The molecule has 0 saturated heterocycles. The lowest BCUT2D eigenvalue weighted by Crippen LogP contribution is -1.94. The Morgan fingerprint density at radius 2 is 1.20 bits per heavy atom. The van der Waals surface area contributed by atoms with Gasteiger partial charge in [-0.15, -0.1) is 0 Å². The van der Waals surface area contributed by atoms with Crippen LogP contribution in [0.25, 0.3) is 55.8 Å². The Morgan fingerprint density at radius 3 is 1.91 bits per heavy atom. The van der Waals surface area contributed by atoms with Gasteiger partial charge in [0, 0.05) is 20.9 Å². The monoisotopic (exact) mass is 513 g/mol. The van der Waals surface area contributed by atoms with E-state index < -0.39 is 0 Å². The highest BCUT2D eigenvalue weighted by Crippen LogP contribution is 2.38. The zero-order valence-corrected chi connectivity index (χ0v) is 21.0. The van der Waals surface area contributed by atoms with Gasteiger partial charge in [0.1, 0.15) is 0 Å². The van der Waals surface area contributed by atoms with Crippen LogP contribution in [-0.2, 0) is 0 Å². The lowest BCUT2D eigenvalue weighted by atomic mass is 9.94. The number of para-hydroxylation sites is 1. The minimum Gasteiger partial charge on any atom is -0.309 e. The van der Waals surface area contributed by atoms with Crippen LogP contribution in [0.2, 0.25) is 0 Å². The fourth-order valence-electron chi connectivity index (χ4n) is 4.97. The van der Waals surface area contributed by atoms with Crippen molar-refractivity contribution in [1.29, 1.82) is 0 Å². The Labute approximate surface area is 214 Å². The lowest BCUT2D eigenvalue weighted by molar-refractivity contribution is 1.18. The van der Waals surface area contributed by atoms with E-state index >= 15 is 0 Å². The van der Waals surface area contributed by atoms with E-state index in [0.29, 0.717) is 0 Å². The number of allylic oxidation sites excluding steroid dienone is 1. The van der Waals surface area contributed by atoms with E-state index in [1.54, 1.807) is 0 Å². The van der Waals surface area contributed by atoms with Crippen molar-refractivity contribution in [3.05, 3.63) is 131 Å². The molecule has 35 heavy (non-hydrogen) atoms. The summed E-state index contributed by atoms with van der Waals surface area (Å²) in [6.07, 6.45) is 4.25. The molecule has 1 aromatic heterocycles. The molecule has 0 fully saturated rings. The Bertz CT molecular complexity index is 1690. The summed E-state index contributed by atoms with van der Waals surface area (Å²) in [5, 5.41) is 2.53. The number of fused-ring (bicyclic) bond motifs is 3. The summed E-state index contributed by atoms with van der Waals surface area (Å²) in [6.45, 7) is 2.06. The van der Waals surface area contributed by atoms with E-state index in [2.05, 4.69) is 155 Å². The Morgan fingerprint density at radius 1 is 0.600 bits per heavy atom. The molecule has 0 aliphatic heterocycles. The number of hydrogen-bond acceptors (Lipinski definition) is 0. The molecular weight excluding hydrogens is 490 g/mol. The summed E-state index contributed by atoms with van der Waals surface area (Å²) in [7, 11) is 0. The van der Waals surface area contributed by atoms with Gasteiger partial charge in [0.05, 0.1) is 11.0 Å². The quantitative estimate of drug-likeness (QED) is 0.221. The third-order valence-electron chi connectivity index (χ3n) is 6.56. The van der Waals surface area contributed by atoms with Crippen molar-refractivity contribution < 1.29 is 0 Å². The van der Waals surface area contributed by atoms with E-state index in [1.165, 1.54) is 55.3 Å². The molecule has 0 unspecified atom stereocenters. The standard InChI is InChI=1S/C33H24BrN/c1-2-8-23-13-19-30-31-20-16-25(22-33(31)35(32(30)21-23)27-9-4-3-5-10-27)29-12-7-6-11-28(29)24-14-17-26(34)18-15-24/h2-22H,1H3/b8-2+. The van der Waals surface area contributed by atoms with Crippen LogP contribution in [0.3, 0.4) is 0 Å². The number of nitrogens with zero attached hydrogens (tertiary/aromatic N) is 1. The first kappa shape index (κ1) is 21.6. The van der Waals surface area contributed by atoms with Crippen molar-refractivity contribution in [2.75, 3.05) is 0 Å². The molecule has 0 amide bonds. The highest BCUT2D eigenvalue weighted by atomic mass is 79.9. The second-order valence-corrected chi connectivity index (χ2v) is 9.65. The molecule has 168 valence electrons. The lowest BCUT2D eigenvalue weighted by Gasteiger charge is -2.12. The van der Waals surface area contributed by atoms with E-state index in [-0.39, 0.29) is 0 Å². The van der Waals surface area contributed by atoms with Crippen LogP contribution < -0.4 is 0 Å². The highest BCUT2D eigenvalue weighted by Gasteiger charge is 2.15. The Balaban J connectivity index is 1.63. The van der Waals surface area contributed by atoms with Crippen LogP contribution in [0.15, 0.2) is 126 Å². The molecule has 0 aliphatic rings. The van der Waals surface area contributed by atoms with Gasteiger partial charge in [0.15, 0.2) is 0 Å². The summed E-state index contributed by atoms with van der Waals surface area (Å²) in [5.74, 6) is 0. The fourth-order valence-corrected chi connectivity index (χ4v) is 5.23. The number of benzene rings is 5. The largest absolute Gasteiger partial charge is 0.309 e. The predicted octanol–water partition coefficient (Wildman–Crippen LogP) is 9.91. The molecule has 0 radical (unpaired) electrons. The van der Waals surface area contributed by atoms with Gasteiger partial charge in [-0.2, -0.15) is 0 Å². The van der Waals surface area contributed by atoms with Crippen LogP contribution in [0.1, 0.15) is 12.5 Å². The zero-order valence-electron chi connectivity index (χ0n) is 19.4. The number of rotatable bonds is 4. The first-order valence-electron chi connectivity index (χ1n) is 11.8. The second-order valence-electron chi connectivity index (χ2n) is 8.73. The van der Waals surface area contributed by atoms with Crippen molar-refractivity contribution in [3.63, 3.8) is 0 Å². The molecule has 1 heterocycles. The van der Waals surface area contributed by atoms with Crippen molar-refractivity contribution in [1.82, 2.24) is 4.57 Å². The summed E-state index contributed by atoms with van der Waals surface area (Å²) < 4.78 is 3.48. The zero-order chi connectivity index (χ0) is 23.8. The summed E-state index contributed by atoms with van der Waals surface area (Å²) in [5.41, 5.74) is 9.71. The first-order valence-corrected chi connectivity index (χ1v) is 12.6. The highest BCUT2D eigenvalue weighted by molar-refractivity contribution is 9.10. The van der Waals surface area contributed by atoms with Gasteiger partial charge in [0.2, 0.25) is 0 Å². The summed E-state index contributed by atoms with van der Waals surface area (Å²) >= 11 is 3.56. The van der Waals surface area contributed by atoms with Crippen molar-refractivity contribution in [3.8, 4) is 27.9 Å². The van der Waals surface area contributed by atoms with Crippen molar-refractivity contribution in [2.45, 2.75) is 6.92 Å².